The van der Waals surface area contributed by atoms with Crippen LogP contribution in [0.3, 0.4) is 0 Å². The highest BCUT2D eigenvalue weighted by molar-refractivity contribution is 6.22. The van der Waals surface area contributed by atoms with Crippen LogP contribution in [-0.2, 0) is 5.41 Å². The van der Waals surface area contributed by atoms with Gasteiger partial charge in [0.05, 0.1) is 11.4 Å². The molecule has 1 aliphatic carbocycles. The second-order valence-electron chi connectivity index (χ2n) is 14.7. The largest absolute Gasteiger partial charge is 0.248 e. The summed E-state index contributed by atoms with van der Waals surface area (Å²) in [6, 6.07) is 68.5. The molecule has 8 aromatic carbocycles. The standard InChI is InChI=1S/C52H37N/c1-52(2)46-25-15-14-22-40(46)44-31-38(27-29-47(44)52)50-41-23-12-13-24-42(41)51(43-28-26-37(30-45(43)50)34-16-6-3-7-17-34)39-32-48(35-18-8-4-9-19-35)53-49(33-39)36-20-10-5-11-21-36/h3-33H,1-2H3. The second-order valence-corrected chi connectivity index (χ2v) is 14.7. The molecule has 1 heteroatoms. The second kappa shape index (κ2) is 12.3. The summed E-state index contributed by atoms with van der Waals surface area (Å²) >= 11 is 0. The summed E-state index contributed by atoms with van der Waals surface area (Å²) < 4.78 is 0. The maximum atomic E-state index is 5.24. The molecule has 53 heavy (non-hydrogen) atoms. The van der Waals surface area contributed by atoms with Crippen molar-refractivity contribution in [2.24, 2.45) is 0 Å². The molecule has 0 radical (unpaired) electrons. The number of fused-ring (bicyclic) bond motifs is 5. The summed E-state index contributed by atoms with van der Waals surface area (Å²) in [6.45, 7) is 4.70. The molecule has 0 amide bonds. The number of rotatable bonds is 5. The topological polar surface area (TPSA) is 12.9 Å². The van der Waals surface area contributed by atoms with Crippen molar-refractivity contribution in [1.29, 1.82) is 0 Å². The van der Waals surface area contributed by atoms with Crippen LogP contribution in [0.2, 0.25) is 0 Å². The van der Waals surface area contributed by atoms with Crippen molar-refractivity contribution in [1.82, 2.24) is 4.98 Å². The monoisotopic (exact) mass is 675 g/mol. The molecule has 0 aliphatic heterocycles. The van der Waals surface area contributed by atoms with Crippen LogP contribution in [0.5, 0.6) is 0 Å². The smallest absolute Gasteiger partial charge is 0.0715 e. The molecule has 0 spiro atoms. The predicted octanol–water partition coefficient (Wildman–Crippen LogP) is 14.0. The van der Waals surface area contributed by atoms with Gasteiger partial charge in [-0.3, -0.25) is 0 Å². The van der Waals surface area contributed by atoms with Gasteiger partial charge >= 0.3 is 0 Å². The highest BCUT2D eigenvalue weighted by Gasteiger charge is 2.35. The van der Waals surface area contributed by atoms with Gasteiger partial charge in [-0.2, -0.15) is 0 Å². The molecule has 1 heterocycles. The third-order valence-corrected chi connectivity index (χ3v) is 11.3. The highest BCUT2D eigenvalue weighted by Crippen LogP contribution is 2.51. The number of benzene rings is 8. The Balaban J connectivity index is 1.30. The molecular weight excluding hydrogens is 639 g/mol. The molecule has 10 rings (SSSR count). The molecule has 1 aliphatic rings. The fourth-order valence-electron chi connectivity index (χ4n) is 8.67. The van der Waals surface area contributed by atoms with Gasteiger partial charge in [-0.25, -0.2) is 4.98 Å². The zero-order chi connectivity index (χ0) is 35.5. The molecule has 0 fully saturated rings. The highest BCUT2D eigenvalue weighted by atomic mass is 14.7. The van der Waals surface area contributed by atoms with Gasteiger partial charge in [0.25, 0.3) is 0 Å². The fourth-order valence-corrected chi connectivity index (χ4v) is 8.67. The Hall–Kier alpha value is -6.57. The molecule has 1 aromatic heterocycles. The minimum Gasteiger partial charge on any atom is -0.248 e. The minimum absolute atomic E-state index is 0.0484. The average Bonchev–Trinajstić information content (AvgIpc) is 3.45. The fraction of sp³-hybridized carbons (Fsp3) is 0.0577. The number of nitrogens with zero attached hydrogens (tertiary/aromatic N) is 1. The van der Waals surface area contributed by atoms with Gasteiger partial charge in [0, 0.05) is 16.5 Å². The molecule has 9 aromatic rings. The number of hydrogen-bond acceptors (Lipinski definition) is 1. The summed E-state index contributed by atoms with van der Waals surface area (Å²) in [6.07, 6.45) is 0. The maximum Gasteiger partial charge on any atom is 0.0715 e. The lowest BCUT2D eigenvalue weighted by Crippen LogP contribution is -2.14. The lowest BCUT2D eigenvalue weighted by Gasteiger charge is -2.22. The number of aromatic nitrogens is 1. The van der Waals surface area contributed by atoms with E-state index in [1.165, 1.54) is 71.6 Å². The van der Waals surface area contributed by atoms with Crippen molar-refractivity contribution >= 4 is 21.5 Å². The Morgan fingerprint density at radius 2 is 0.811 bits per heavy atom. The van der Waals surface area contributed by atoms with Crippen molar-refractivity contribution in [3.05, 3.63) is 199 Å². The molecule has 1 nitrogen and oxygen atoms in total. The lowest BCUT2D eigenvalue weighted by molar-refractivity contribution is 0.660. The van der Waals surface area contributed by atoms with E-state index < -0.39 is 0 Å². The molecule has 0 atom stereocenters. The Labute approximate surface area is 310 Å². The van der Waals surface area contributed by atoms with Gasteiger partial charge in [0.1, 0.15) is 0 Å². The number of hydrogen-bond donors (Lipinski definition) is 0. The summed E-state index contributed by atoms with van der Waals surface area (Å²) in [7, 11) is 0. The Kier molecular flexibility index (Phi) is 7.23. The third kappa shape index (κ3) is 5.12. The molecule has 0 N–H and O–H groups in total. The van der Waals surface area contributed by atoms with Crippen molar-refractivity contribution < 1.29 is 0 Å². The molecule has 0 saturated carbocycles. The predicted molar refractivity (Wildman–Crippen MR) is 224 cm³/mol. The quantitative estimate of drug-likeness (QED) is 0.165. The van der Waals surface area contributed by atoms with Crippen LogP contribution in [0, 0.1) is 0 Å². The molecule has 0 bridgehead atoms. The molecule has 0 saturated heterocycles. The SMILES string of the molecule is CC1(C)c2ccccc2-c2cc(-c3c4ccccc4c(-c4cc(-c5ccccc5)nc(-c5ccccc5)c4)c4ccc(-c5ccccc5)cc34)ccc21. The van der Waals surface area contributed by atoms with Gasteiger partial charge in [-0.15, -0.1) is 0 Å². The van der Waals surface area contributed by atoms with Crippen molar-refractivity contribution in [2.75, 3.05) is 0 Å². The van der Waals surface area contributed by atoms with E-state index >= 15 is 0 Å². The Bertz CT molecular complexity index is 2770. The van der Waals surface area contributed by atoms with Gasteiger partial charge in [0.2, 0.25) is 0 Å². The van der Waals surface area contributed by atoms with Crippen LogP contribution in [0.25, 0.3) is 88.6 Å². The van der Waals surface area contributed by atoms with Gasteiger partial charge < -0.3 is 0 Å². The summed E-state index contributed by atoms with van der Waals surface area (Å²) in [5.41, 5.74) is 16.8. The van der Waals surface area contributed by atoms with E-state index in [-0.39, 0.29) is 5.41 Å². The van der Waals surface area contributed by atoms with Crippen molar-refractivity contribution in [3.8, 4) is 67.0 Å². The molecular formula is C52H37N. The minimum atomic E-state index is -0.0484. The van der Waals surface area contributed by atoms with E-state index in [9.17, 15) is 0 Å². The maximum absolute atomic E-state index is 5.24. The summed E-state index contributed by atoms with van der Waals surface area (Å²) in [5, 5.41) is 4.94. The van der Waals surface area contributed by atoms with E-state index in [0.717, 1.165) is 28.1 Å². The summed E-state index contributed by atoms with van der Waals surface area (Å²) in [4.78, 5) is 5.24. The molecule has 250 valence electrons. The normalized spacial score (nSPS) is 12.9. The zero-order valence-corrected chi connectivity index (χ0v) is 29.8. The first-order valence-electron chi connectivity index (χ1n) is 18.5. The average molecular weight is 676 g/mol. The van der Waals surface area contributed by atoms with Crippen LogP contribution in [0.1, 0.15) is 25.0 Å². The first-order chi connectivity index (χ1) is 26.0. The lowest BCUT2D eigenvalue weighted by atomic mass is 9.81. The van der Waals surface area contributed by atoms with Gasteiger partial charge in [-0.1, -0.05) is 178 Å². The van der Waals surface area contributed by atoms with E-state index in [0.29, 0.717) is 0 Å². The zero-order valence-electron chi connectivity index (χ0n) is 29.8. The van der Waals surface area contributed by atoms with Crippen LogP contribution in [0.15, 0.2) is 188 Å². The van der Waals surface area contributed by atoms with E-state index in [2.05, 4.69) is 202 Å². The Morgan fingerprint density at radius 3 is 1.45 bits per heavy atom. The van der Waals surface area contributed by atoms with Gasteiger partial charge in [-0.05, 0) is 101 Å². The third-order valence-electron chi connectivity index (χ3n) is 11.3. The number of pyridine rings is 1. The first-order valence-corrected chi connectivity index (χ1v) is 18.5. The van der Waals surface area contributed by atoms with E-state index in [1.807, 2.05) is 0 Å². The van der Waals surface area contributed by atoms with Crippen molar-refractivity contribution in [2.45, 2.75) is 19.3 Å². The summed E-state index contributed by atoms with van der Waals surface area (Å²) in [5.74, 6) is 0. The van der Waals surface area contributed by atoms with Crippen LogP contribution in [-0.4, -0.2) is 4.98 Å². The van der Waals surface area contributed by atoms with Gasteiger partial charge in [0.15, 0.2) is 0 Å². The Morgan fingerprint density at radius 1 is 0.321 bits per heavy atom. The van der Waals surface area contributed by atoms with Crippen LogP contribution in [0.4, 0.5) is 0 Å². The molecule has 0 unspecified atom stereocenters. The van der Waals surface area contributed by atoms with Crippen LogP contribution >= 0.6 is 0 Å². The van der Waals surface area contributed by atoms with E-state index in [4.69, 9.17) is 4.98 Å². The first kappa shape index (κ1) is 31.2. The van der Waals surface area contributed by atoms with E-state index in [1.54, 1.807) is 0 Å². The van der Waals surface area contributed by atoms with Crippen molar-refractivity contribution in [3.63, 3.8) is 0 Å². The van der Waals surface area contributed by atoms with Crippen LogP contribution < -0.4 is 0 Å².